The van der Waals surface area contributed by atoms with E-state index < -0.39 is 0 Å². The van der Waals surface area contributed by atoms with Gasteiger partial charge in [0.1, 0.15) is 0 Å². The summed E-state index contributed by atoms with van der Waals surface area (Å²) < 4.78 is 0. The molecule has 0 radical (unpaired) electrons. The maximum atomic E-state index is 5.80. The molecule has 2 rings (SSSR count). The van der Waals surface area contributed by atoms with E-state index in [-0.39, 0.29) is 5.41 Å². The van der Waals surface area contributed by atoms with Crippen LogP contribution >= 0.6 is 0 Å². The fraction of sp³-hybridized carbons (Fsp3) is 0.647. The van der Waals surface area contributed by atoms with Crippen LogP contribution in [0.1, 0.15) is 63.0 Å². The van der Waals surface area contributed by atoms with Crippen LogP contribution in [-0.2, 0) is 6.42 Å². The van der Waals surface area contributed by atoms with Crippen LogP contribution in [0.3, 0.4) is 0 Å². The van der Waals surface area contributed by atoms with E-state index in [1.807, 2.05) is 0 Å². The van der Waals surface area contributed by atoms with Crippen LogP contribution in [0, 0.1) is 5.41 Å². The van der Waals surface area contributed by atoms with E-state index in [9.17, 15) is 0 Å². The zero-order chi connectivity index (χ0) is 13.0. The molecule has 1 saturated carbocycles. The van der Waals surface area contributed by atoms with Gasteiger partial charge in [-0.2, -0.15) is 0 Å². The van der Waals surface area contributed by atoms with Crippen LogP contribution < -0.4 is 5.73 Å². The third-order valence-corrected chi connectivity index (χ3v) is 4.29. The van der Waals surface area contributed by atoms with Gasteiger partial charge in [-0.05, 0) is 48.3 Å². The molecule has 100 valence electrons. The van der Waals surface area contributed by atoms with Gasteiger partial charge in [-0.25, -0.2) is 0 Å². The summed E-state index contributed by atoms with van der Waals surface area (Å²) in [6, 6.07) is 9.30. The Morgan fingerprint density at radius 3 is 2.22 bits per heavy atom. The van der Waals surface area contributed by atoms with E-state index in [1.54, 1.807) is 5.56 Å². The molecule has 0 bridgehead atoms. The maximum absolute atomic E-state index is 5.80. The smallest absolute Gasteiger partial charge is 0.00226 e. The molecule has 1 aromatic rings. The molecule has 0 amide bonds. The summed E-state index contributed by atoms with van der Waals surface area (Å²) in [6.45, 7) is 5.22. The second-order valence-electron chi connectivity index (χ2n) is 6.62. The van der Waals surface area contributed by atoms with Crippen LogP contribution in [0.5, 0.6) is 0 Å². The Hall–Kier alpha value is -0.820. The average Bonchev–Trinajstić information content (AvgIpc) is 2.40. The first kappa shape index (κ1) is 13.6. The van der Waals surface area contributed by atoms with Crippen molar-refractivity contribution < 1.29 is 0 Å². The van der Waals surface area contributed by atoms with Crippen LogP contribution in [-0.4, -0.2) is 6.54 Å². The standard InChI is InChI=1S/C17H27N/c1-17(2,13-18)12-14-8-10-16(11-9-14)15-6-4-3-5-7-15/h8-11,15H,3-7,12-13,18H2,1-2H3. The highest BCUT2D eigenvalue weighted by Gasteiger charge is 2.18. The monoisotopic (exact) mass is 245 g/mol. The molecule has 1 nitrogen and oxygen atoms in total. The van der Waals surface area contributed by atoms with Crippen LogP contribution in [0.15, 0.2) is 24.3 Å². The van der Waals surface area contributed by atoms with Crippen molar-refractivity contribution in [3.8, 4) is 0 Å². The number of hydrogen-bond donors (Lipinski definition) is 1. The summed E-state index contributed by atoms with van der Waals surface area (Å²) in [7, 11) is 0. The Labute approximate surface area is 112 Å². The molecule has 0 unspecified atom stereocenters. The van der Waals surface area contributed by atoms with Gasteiger partial charge >= 0.3 is 0 Å². The summed E-state index contributed by atoms with van der Waals surface area (Å²) >= 11 is 0. The first-order valence-corrected chi connectivity index (χ1v) is 7.40. The lowest BCUT2D eigenvalue weighted by atomic mass is 9.82. The molecule has 1 fully saturated rings. The minimum atomic E-state index is 0.215. The Kier molecular flexibility index (Phi) is 4.45. The van der Waals surface area contributed by atoms with Gasteiger partial charge < -0.3 is 5.73 Å². The Bertz CT molecular complexity index is 358. The molecule has 1 aliphatic rings. The SMILES string of the molecule is CC(C)(CN)Cc1ccc(C2CCCCC2)cc1. The second kappa shape index (κ2) is 5.88. The molecule has 1 heteroatoms. The van der Waals surface area contributed by atoms with E-state index in [0.29, 0.717) is 0 Å². The van der Waals surface area contributed by atoms with Crippen molar-refractivity contribution in [3.63, 3.8) is 0 Å². The molecule has 1 aliphatic carbocycles. The van der Waals surface area contributed by atoms with Gasteiger partial charge in [-0.1, -0.05) is 57.4 Å². The Morgan fingerprint density at radius 1 is 1.06 bits per heavy atom. The summed E-state index contributed by atoms with van der Waals surface area (Å²) in [5, 5.41) is 0. The van der Waals surface area contributed by atoms with Crippen molar-refractivity contribution in [2.45, 2.75) is 58.3 Å². The Balaban J connectivity index is 2.00. The maximum Gasteiger partial charge on any atom is -0.00226 e. The summed E-state index contributed by atoms with van der Waals surface area (Å²) in [4.78, 5) is 0. The van der Waals surface area contributed by atoms with Crippen LogP contribution in [0.25, 0.3) is 0 Å². The fourth-order valence-corrected chi connectivity index (χ4v) is 2.97. The first-order chi connectivity index (χ1) is 8.61. The van der Waals surface area contributed by atoms with Gasteiger partial charge in [0.15, 0.2) is 0 Å². The van der Waals surface area contributed by atoms with Crippen LogP contribution in [0.4, 0.5) is 0 Å². The largest absolute Gasteiger partial charge is 0.330 e. The summed E-state index contributed by atoms with van der Waals surface area (Å²) in [6.07, 6.45) is 8.09. The topological polar surface area (TPSA) is 26.0 Å². The number of rotatable bonds is 4. The van der Waals surface area contributed by atoms with E-state index in [0.717, 1.165) is 18.9 Å². The molecule has 0 saturated heterocycles. The van der Waals surface area contributed by atoms with Crippen molar-refractivity contribution in [1.29, 1.82) is 0 Å². The van der Waals surface area contributed by atoms with Crippen molar-refractivity contribution in [3.05, 3.63) is 35.4 Å². The lowest BCUT2D eigenvalue weighted by molar-refractivity contribution is 0.376. The van der Waals surface area contributed by atoms with Crippen molar-refractivity contribution in [1.82, 2.24) is 0 Å². The van der Waals surface area contributed by atoms with Gasteiger partial charge in [0.25, 0.3) is 0 Å². The molecule has 0 atom stereocenters. The fourth-order valence-electron chi connectivity index (χ4n) is 2.97. The van der Waals surface area contributed by atoms with Crippen LogP contribution in [0.2, 0.25) is 0 Å². The number of nitrogens with two attached hydrogens (primary N) is 1. The lowest BCUT2D eigenvalue weighted by Gasteiger charge is -2.24. The molecule has 1 aromatic carbocycles. The highest BCUT2D eigenvalue weighted by atomic mass is 14.6. The zero-order valence-corrected chi connectivity index (χ0v) is 11.9. The molecule has 0 aliphatic heterocycles. The number of benzene rings is 1. The number of hydrogen-bond acceptors (Lipinski definition) is 1. The summed E-state index contributed by atoms with van der Waals surface area (Å²) in [5.41, 5.74) is 8.98. The minimum absolute atomic E-state index is 0.215. The predicted molar refractivity (Wildman–Crippen MR) is 78.8 cm³/mol. The quantitative estimate of drug-likeness (QED) is 0.842. The third-order valence-electron chi connectivity index (χ3n) is 4.29. The van der Waals surface area contributed by atoms with Crippen molar-refractivity contribution in [2.75, 3.05) is 6.54 Å². The van der Waals surface area contributed by atoms with E-state index in [4.69, 9.17) is 5.73 Å². The molecule has 2 N–H and O–H groups in total. The second-order valence-corrected chi connectivity index (χ2v) is 6.62. The van der Waals surface area contributed by atoms with E-state index in [2.05, 4.69) is 38.1 Å². The third kappa shape index (κ3) is 3.58. The molecule has 0 spiro atoms. The first-order valence-electron chi connectivity index (χ1n) is 7.40. The van der Waals surface area contributed by atoms with Gasteiger partial charge in [-0.15, -0.1) is 0 Å². The summed E-state index contributed by atoms with van der Waals surface area (Å²) in [5.74, 6) is 0.815. The highest BCUT2D eigenvalue weighted by molar-refractivity contribution is 5.26. The van der Waals surface area contributed by atoms with E-state index in [1.165, 1.54) is 37.7 Å². The molecule has 0 heterocycles. The highest BCUT2D eigenvalue weighted by Crippen LogP contribution is 2.33. The lowest BCUT2D eigenvalue weighted by Crippen LogP contribution is -2.25. The molecule has 0 aromatic heterocycles. The van der Waals surface area contributed by atoms with Gasteiger partial charge in [-0.3, -0.25) is 0 Å². The van der Waals surface area contributed by atoms with Crippen molar-refractivity contribution in [2.24, 2.45) is 11.1 Å². The van der Waals surface area contributed by atoms with E-state index >= 15 is 0 Å². The van der Waals surface area contributed by atoms with Gasteiger partial charge in [0.2, 0.25) is 0 Å². The predicted octanol–water partition coefficient (Wildman–Crippen LogP) is 4.26. The molecule has 18 heavy (non-hydrogen) atoms. The zero-order valence-electron chi connectivity index (χ0n) is 11.9. The minimum Gasteiger partial charge on any atom is -0.330 e. The van der Waals surface area contributed by atoms with Gasteiger partial charge in [0, 0.05) is 0 Å². The average molecular weight is 245 g/mol. The van der Waals surface area contributed by atoms with Crippen molar-refractivity contribution >= 4 is 0 Å². The van der Waals surface area contributed by atoms with Gasteiger partial charge in [0.05, 0.1) is 0 Å². The molecular formula is C17H27N. The Morgan fingerprint density at radius 2 is 1.67 bits per heavy atom. The normalized spacial score (nSPS) is 17.9. The molecular weight excluding hydrogens is 218 g/mol.